The highest BCUT2D eigenvalue weighted by molar-refractivity contribution is 7.98. The Hall–Kier alpha value is -1.98. The van der Waals surface area contributed by atoms with Crippen molar-refractivity contribution >= 4 is 40.9 Å². The summed E-state index contributed by atoms with van der Waals surface area (Å²) in [4.78, 5) is 26.2. The van der Waals surface area contributed by atoms with Gasteiger partial charge >= 0.3 is 0 Å². The number of thioether (sulfide) groups is 1. The average molecular weight is 377 g/mol. The molecule has 2 aromatic carbocycles. The maximum atomic E-state index is 12.6. The van der Waals surface area contributed by atoms with Gasteiger partial charge in [0.15, 0.2) is 0 Å². The topological polar surface area (TPSA) is 58.2 Å². The van der Waals surface area contributed by atoms with Gasteiger partial charge in [-0.25, -0.2) is 0 Å². The predicted octanol–water partition coefficient (Wildman–Crippen LogP) is 4.46. The highest BCUT2D eigenvalue weighted by atomic mass is 35.5. The first-order valence-corrected chi connectivity index (χ1v) is 9.53. The highest BCUT2D eigenvalue weighted by Gasteiger charge is 2.25. The van der Waals surface area contributed by atoms with Crippen LogP contribution >= 0.6 is 23.4 Å². The number of anilines is 1. The second-order valence-electron chi connectivity index (χ2n) is 5.89. The standard InChI is InChI=1S/C19H21ClN2O2S/c1-12(2)17(22-18(23)15-6-4-5-7-16(15)20)19(24)21-13-8-10-14(25-3)11-9-13/h4-12,17H,1-3H3,(H,21,24)(H,22,23). The molecule has 0 radical (unpaired) electrons. The predicted molar refractivity (Wildman–Crippen MR) is 104 cm³/mol. The zero-order valence-corrected chi connectivity index (χ0v) is 15.9. The first kappa shape index (κ1) is 19.3. The number of hydrogen-bond donors (Lipinski definition) is 2. The molecule has 0 aliphatic heterocycles. The SMILES string of the molecule is CSc1ccc(NC(=O)C(NC(=O)c2ccccc2Cl)C(C)C)cc1. The van der Waals surface area contributed by atoms with Crippen LogP contribution in [-0.2, 0) is 4.79 Å². The number of benzene rings is 2. The fraction of sp³-hybridized carbons (Fsp3) is 0.263. The van der Waals surface area contributed by atoms with Crippen LogP contribution in [-0.4, -0.2) is 24.1 Å². The third kappa shape index (κ3) is 5.25. The molecule has 0 aliphatic carbocycles. The molecule has 1 atom stereocenters. The van der Waals surface area contributed by atoms with Crippen LogP contribution in [0.25, 0.3) is 0 Å². The van der Waals surface area contributed by atoms with E-state index in [-0.39, 0.29) is 17.7 Å². The van der Waals surface area contributed by atoms with Crippen molar-refractivity contribution in [1.29, 1.82) is 0 Å². The molecule has 0 aliphatic rings. The molecule has 6 heteroatoms. The van der Waals surface area contributed by atoms with Gasteiger partial charge in [0.05, 0.1) is 10.6 Å². The Morgan fingerprint density at radius 3 is 2.24 bits per heavy atom. The van der Waals surface area contributed by atoms with E-state index >= 15 is 0 Å². The quantitative estimate of drug-likeness (QED) is 0.732. The van der Waals surface area contributed by atoms with Crippen molar-refractivity contribution in [3.05, 3.63) is 59.1 Å². The Kier molecular flexibility index (Phi) is 6.91. The van der Waals surface area contributed by atoms with Gasteiger partial charge in [0, 0.05) is 10.6 Å². The van der Waals surface area contributed by atoms with Gasteiger partial charge in [-0.3, -0.25) is 9.59 Å². The molecule has 25 heavy (non-hydrogen) atoms. The third-order valence-corrected chi connectivity index (χ3v) is 4.78. The van der Waals surface area contributed by atoms with Gasteiger partial charge in [-0.05, 0) is 48.6 Å². The number of halogens is 1. The Balaban J connectivity index is 2.10. The molecule has 0 fully saturated rings. The third-order valence-electron chi connectivity index (χ3n) is 3.71. The van der Waals surface area contributed by atoms with Crippen LogP contribution in [0.3, 0.4) is 0 Å². The monoisotopic (exact) mass is 376 g/mol. The summed E-state index contributed by atoms with van der Waals surface area (Å²) in [5.41, 5.74) is 1.05. The van der Waals surface area contributed by atoms with E-state index in [9.17, 15) is 9.59 Å². The van der Waals surface area contributed by atoms with Crippen LogP contribution in [0.1, 0.15) is 24.2 Å². The molecular formula is C19H21ClN2O2S. The van der Waals surface area contributed by atoms with Crippen molar-refractivity contribution in [2.24, 2.45) is 5.92 Å². The van der Waals surface area contributed by atoms with Gasteiger partial charge in [0.1, 0.15) is 6.04 Å². The fourth-order valence-electron chi connectivity index (χ4n) is 2.29. The van der Waals surface area contributed by atoms with Crippen LogP contribution < -0.4 is 10.6 Å². The summed E-state index contributed by atoms with van der Waals surface area (Å²) < 4.78 is 0. The largest absolute Gasteiger partial charge is 0.340 e. The number of nitrogens with one attached hydrogen (secondary N) is 2. The highest BCUT2D eigenvalue weighted by Crippen LogP contribution is 2.19. The molecule has 0 saturated carbocycles. The van der Waals surface area contributed by atoms with Crippen LogP contribution in [0.15, 0.2) is 53.4 Å². The van der Waals surface area contributed by atoms with Crippen molar-refractivity contribution in [1.82, 2.24) is 5.32 Å². The fourth-order valence-corrected chi connectivity index (χ4v) is 2.92. The van der Waals surface area contributed by atoms with E-state index in [2.05, 4.69) is 10.6 Å². The van der Waals surface area contributed by atoms with Crippen molar-refractivity contribution < 1.29 is 9.59 Å². The maximum Gasteiger partial charge on any atom is 0.253 e. The van der Waals surface area contributed by atoms with Crippen LogP contribution in [0.5, 0.6) is 0 Å². The van der Waals surface area contributed by atoms with Gasteiger partial charge in [0.25, 0.3) is 5.91 Å². The molecule has 1 unspecified atom stereocenters. The molecule has 132 valence electrons. The summed E-state index contributed by atoms with van der Waals surface area (Å²) in [7, 11) is 0. The lowest BCUT2D eigenvalue weighted by molar-refractivity contribution is -0.118. The van der Waals surface area contributed by atoms with Crippen molar-refractivity contribution in [3.8, 4) is 0 Å². The van der Waals surface area contributed by atoms with Gasteiger partial charge in [-0.1, -0.05) is 37.6 Å². The zero-order chi connectivity index (χ0) is 18.4. The van der Waals surface area contributed by atoms with E-state index in [0.29, 0.717) is 16.3 Å². The van der Waals surface area contributed by atoms with E-state index < -0.39 is 6.04 Å². The molecule has 4 nitrogen and oxygen atoms in total. The number of amides is 2. The number of hydrogen-bond acceptors (Lipinski definition) is 3. The van der Waals surface area contributed by atoms with E-state index in [1.54, 1.807) is 36.0 Å². The minimum atomic E-state index is -0.663. The maximum absolute atomic E-state index is 12.6. The lowest BCUT2D eigenvalue weighted by atomic mass is 10.0. The summed E-state index contributed by atoms with van der Waals surface area (Å²) in [6, 6.07) is 13.7. The van der Waals surface area contributed by atoms with Crippen LogP contribution in [0.4, 0.5) is 5.69 Å². The van der Waals surface area contributed by atoms with Crippen molar-refractivity contribution in [2.45, 2.75) is 24.8 Å². The minimum Gasteiger partial charge on any atom is -0.340 e. The van der Waals surface area contributed by atoms with Crippen molar-refractivity contribution in [3.63, 3.8) is 0 Å². The van der Waals surface area contributed by atoms with E-state index in [4.69, 9.17) is 11.6 Å². The molecule has 0 saturated heterocycles. The normalized spacial score (nSPS) is 11.9. The van der Waals surface area contributed by atoms with Gasteiger partial charge in [-0.15, -0.1) is 11.8 Å². The molecule has 0 bridgehead atoms. The first-order valence-electron chi connectivity index (χ1n) is 7.92. The number of carbonyl (C=O) groups is 2. The summed E-state index contributed by atoms with van der Waals surface area (Å²) in [5, 5.41) is 5.98. The molecule has 2 aromatic rings. The number of rotatable bonds is 6. The van der Waals surface area contributed by atoms with Gasteiger partial charge in [0.2, 0.25) is 5.91 Å². The molecule has 0 aromatic heterocycles. The van der Waals surface area contributed by atoms with Crippen LogP contribution in [0.2, 0.25) is 5.02 Å². The van der Waals surface area contributed by atoms with E-state index in [1.165, 1.54) is 0 Å². The minimum absolute atomic E-state index is 0.0723. The summed E-state index contributed by atoms with van der Waals surface area (Å²) >= 11 is 7.69. The lowest BCUT2D eigenvalue weighted by Gasteiger charge is -2.22. The Morgan fingerprint density at radius 2 is 1.68 bits per heavy atom. The Morgan fingerprint density at radius 1 is 1.04 bits per heavy atom. The molecule has 0 spiro atoms. The average Bonchev–Trinajstić information content (AvgIpc) is 2.60. The Labute approximate surface area is 157 Å². The first-order chi connectivity index (χ1) is 11.9. The van der Waals surface area contributed by atoms with E-state index in [0.717, 1.165) is 4.90 Å². The second kappa shape index (κ2) is 8.92. The van der Waals surface area contributed by atoms with Crippen molar-refractivity contribution in [2.75, 3.05) is 11.6 Å². The smallest absolute Gasteiger partial charge is 0.253 e. The summed E-state index contributed by atoms with van der Waals surface area (Å²) in [6.07, 6.45) is 1.99. The molecule has 2 amide bonds. The van der Waals surface area contributed by atoms with Gasteiger partial charge in [-0.2, -0.15) is 0 Å². The van der Waals surface area contributed by atoms with E-state index in [1.807, 2.05) is 44.4 Å². The number of carbonyl (C=O) groups excluding carboxylic acids is 2. The zero-order valence-electron chi connectivity index (χ0n) is 14.4. The van der Waals surface area contributed by atoms with Gasteiger partial charge < -0.3 is 10.6 Å². The summed E-state index contributed by atoms with van der Waals surface area (Å²) in [6.45, 7) is 3.77. The summed E-state index contributed by atoms with van der Waals surface area (Å²) in [5.74, 6) is -0.693. The molecule has 2 N–H and O–H groups in total. The molecule has 0 heterocycles. The Bertz CT molecular complexity index is 747. The lowest BCUT2D eigenvalue weighted by Crippen LogP contribution is -2.47. The molecular weight excluding hydrogens is 356 g/mol. The van der Waals surface area contributed by atoms with Crippen LogP contribution in [0, 0.1) is 5.92 Å². The second-order valence-corrected chi connectivity index (χ2v) is 7.18. The molecule has 2 rings (SSSR count).